The Balaban J connectivity index is 2.22. The SMILES string of the molecule is CCOCOc1cc(OCOCC)cc(C(Br)=Cc2ccccc2)c1. The van der Waals surface area contributed by atoms with Crippen LogP contribution in [0.5, 0.6) is 11.5 Å². The first-order chi connectivity index (χ1) is 12.2. The average Bonchev–Trinajstić information content (AvgIpc) is 2.63. The second-order valence-corrected chi connectivity index (χ2v) is 5.96. The Morgan fingerprint density at radius 3 is 1.96 bits per heavy atom. The highest BCUT2D eigenvalue weighted by atomic mass is 79.9. The summed E-state index contributed by atoms with van der Waals surface area (Å²) < 4.78 is 22.7. The molecule has 0 N–H and O–H groups in total. The molecule has 2 rings (SSSR count). The van der Waals surface area contributed by atoms with Crippen molar-refractivity contribution in [2.75, 3.05) is 26.8 Å². The fourth-order valence-electron chi connectivity index (χ4n) is 2.04. The van der Waals surface area contributed by atoms with E-state index in [0.717, 1.165) is 15.6 Å². The third-order valence-corrected chi connectivity index (χ3v) is 3.96. The van der Waals surface area contributed by atoms with E-state index in [1.165, 1.54) is 0 Å². The molecule has 0 aliphatic rings. The predicted octanol–water partition coefficient (Wildman–Crippen LogP) is 5.33. The standard InChI is InChI=1S/C20H23BrO4/c1-3-22-14-24-18-11-17(12-19(13-18)25-15-23-4-2)20(21)10-16-8-6-5-7-9-16/h5-13H,3-4,14-15H2,1-2H3. The van der Waals surface area contributed by atoms with Gasteiger partial charge >= 0.3 is 0 Å². The highest BCUT2D eigenvalue weighted by molar-refractivity contribution is 9.15. The highest BCUT2D eigenvalue weighted by Crippen LogP contribution is 2.31. The zero-order chi connectivity index (χ0) is 17.9. The van der Waals surface area contributed by atoms with Crippen LogP contribution < -0.4 is 9.47 Å². The lowest BCUT2D eigenvalue weighted by Gasteiger charge is -2.12. The normalized spacial score (nSPS) is 11.4. The zero-order valence-electron chi connectivity index (χ0n) is 14.5. The van der Waals surface area contributed by atoms with Gasteiger partial charge in [-0.05, 0) is 43.2 Å². The highest BCUT2D eigenvalue weighted by Gasteiger charge is 2.07. The summed E-state index contributed by atoms with van der Waals surface area (Å²) in [5, 5.41) is 0. The number of hydrogen-bond donors (Lipinski definition) is 0. The minimum atomic E-state index is 0.199. The van der Waals surface area contributed by atoms with E-state index in [2.05, 4.69) is 15.9 Å². The molecule has 0 spiro atoms. The van der Waals surface area contributed by atoms with Gasteiger partial charge < -0.3 is 18.9 Å². The molecule has 4 nitrogen and oxygen atoms in total. The van der Waals surface area contributed by atoms with Gasteiger partial charge in [-0.15, -0.1) is 0 Å². The minimum Gasteiger partial charge on any atom is -0.467 e. The molecular formula is C20H23BrO4. The number of hydrogen-bond acceptors (Lipinski definition) is 4. The molecule has 0 aromatic heterocycles. The van der Waals surface area contributed by atoms with E-state index in [-0.39, 0.29) is 13.6 Å². The van der Waals surface area contributed by atoms with E-state index < -0.39 is 0 Å². The molecule has 2 aromatic carbocycles. The first kappa shape index (κ1) is 19.5. The van der Waals surface area contributed by atoms with Gasteiger partial charge in [-0.3, -0.25) is 0 Å². The maximum absolute atomic E-state index is 5.64. The van der Waals surface area contributed by atoms with Gasteiger partial charge in [0.15, 0.2) is 13.6 Å². The van der Waals surface area contributed by atoms with Crippen LogP contribution in [0.2, 0.25) is 0 Å². The van der Waals surface area contributed by atoms with Gasteiger partial charge in [0.1, 0.15) is 11.5 Å². The molecule has 0 radical (unpaired) electrons. The average molecular weight is 407 g/mol. The van der Waals surface area contributed by atoms with Crippen LogP contribution in [0.3, 0.4) is 0 Å². The van der Waals surface area contributed by atoms with Crippen LogP contribution in [-0.2, 0) is 9.47 Å². The summed E-state index contributed by atoms with van der Waals surface area (Å²) in [6, 6.07) is 15.8. The van der Waals surface area contributed by atoms with E-state index in [9.17, 15) is 0 Å². The molecule has 5 heteroatoms. The lowest BCUT2D eigenvalue weighted by molar-refractivity contribution is 0.0182. The van der Waals surface area contributed by atoms with Crippen molar-refractivity contribution in [3.05, 3.63) is 59.7 Å². The molecule has 0 atom stereocenters. The molecule has 0 unspecified atom stereocenters. The fourth-order valence-corrected chi connectivity index (χ4v) is 2.53. The Labute approximate surface area is 157 Å². The zero-order valence-corrected chi connectivity index (χ0v) is 16.1. The van der Waals surface area contributed by atoms with Gasteiger partial charge in [0.2, 0.25) is 0 Å². The lowest BCUT2D eigenvalue weighted by atomic mass is 10.1. The molecule has 0 bridgehead atoms. The quantitative estimate of drug-likeness (QED) is 0.303. The lowest BCUT2D eigenvalue weighted by Crippen LogP contribution is -2.04. The number of rotatable bonds is 10. The van der Waals surface area contributed by atoms with E-state index in [0.29, 0.717) is 24.7 Å². The second-order valence-electron chi connectivity index (χ2n) is 5.11. The van der Waals surface area contributed by atoms with Crippen molar-refractivity contribution in [3.8, 4) is 11.5 Å². The van der Waals surface area contributed by atoms with E-state index in [4.69, 9.17) is 18.9 Å². The number of benzene rings is 2. The number of ether oxygens (including phenoxy) is 4. The Morgan fingerprint density at radius 2 is 1.44 bits per heavy atom. The monoisotopic (exact) mass is 406 g/mol. The maximum atomic E-state index is 5.64. The van der Waals surface area contributed by atoms with Gasteiger partial charge in [0.25, 0.3) is 0 Å². The summed E-state index contributed by atoms with van der Waals surface area (Å²) in [5.74, 6) is 1.35. The minimum absolute atomic E-state index is 0.199. The molecule has 25 heavy (non-hydrogen) atoms. The topological polar surface area (TPSA) is 36.9 Å². The summed E-state index contributed by atoms with van der Waals surface area (Å²) in [7, 11) is 0. The Kier molecular flexibility index (Phi) is 8.52. The predicted molar refractivity (Wildman–Crippen MR) is 104 cm³/mol. The third-order valence-electron chi connectivity index (χ3n) is 3.27. The Morgan fingerprint density at radius 1 is 0.880 bits per heavy atom. The maximum Gasteiger partial charge on any atom is 0.189 e. The molecular weight excluding hydrogens is 384 g/mol. The third kappa shape index (κ3) is 6.90. The number of halogens is 1. The van der Waals surface area contributed by atoms with Gasteiger partial charge in [-0.2, -0.15) is 0 Å². The van der Waals surface area contributed by atoms with Gasteiger partial charge in [0, 0.05) is 23.8 Å². The molecule has 0 aliphatic carbocycles. The molecule has 0 saturated heterocycles. The molecule has 0 saturated carbocycles. The van der Waals surface area contributed by atoms with E-state index >= 15 is 0 Å². The van der Waals surface area contributed by atoms with Crippen LogP contribution in [-0.4, -0.2) is 26.8 Å². The van der Waals surface area contributed by atoms with Crippen LogP contribution in [0.25, 0.3) is 10.6 Å². The van der Waals surface area contributed by atoms with Crippen LogP contribution >= 0.6 is 15.9 Å². The summed E-state index contributed by atoms with van der Waals surface area (Å²) in [6.07, 6.45) is 2.05. The van der Waals surface area contributed by atoms with Crippen molar-refractivity contribution in [3.63, 3.8) is 0 Å². The summed E-state index contributed by atoms with van der Waals surface area (Å²) in [5.41, 5.74) is 2.05. The largest absolute Gasteiger partial charge is 0.467 e. The summed E-state index contributed by atoms with van der Waals surface area (Å²) >= 11 is 3.64. The molecule has 2 aromatic rings. The van der Waals surface area contributed by atoms with Crippen molar-refractivity contribution in [1.29, 1.82) is 0 Å². The van der Waals surface area contributed by atoms with Crippen molar-refractivity contribution >= 4 is 26.5 Å². The molecule has 134 valence electrons. The Hall–Kier alpha value is -1.82. The molecule has 0 aliphatic heterocycles. The second kappa shape index (κ2) is 10.9. The van der Waals surface area contributed by atoms with Crippen LogP contribution in [0.4, 0.5) is 0 Å². The van der Waals surface area contributed by atoms with Crippen molar-refractivity contribution in [2.24, 2.45) is 0 Å². The van der Waals surface area contributed by atoms with Crippen LogP contribution in [0.1, 0.15) is 25.0 Å². The molecule has 0 amide bonds. The van der Waals surface area contributed by atoms with Gasteiger partial charge in [-0.25, -0.2) is 0 Å². The van der Waals surface area contributed by atoms with E-state index in [1.807, 2.05) is 68.5 Å². The van der Waals surface area contributed by atoms with Crippen molar-refractivity contribution < 1.29 is 18.9 Å². The van der Waals surface area contributed by atoms with E-state index in [1.54, 1.807) is 0 Å². The Bertz CT molecular complexity index is 642. The van der Waals surface area contributed by atoms with Crippen LogP contribution in [0.15, 0.2) is 48.5 Å². The van der Waals surface area contributed by atoms with Gasteiger partial charge in [0.05, 0.1) is 0 Å². The van der Waals surface area contributed by atoms with Crippen molar-refractivity contribution in [2.45, 2.75) is 13.8 Å². The summed E-state index contributed by atoms with van der Waals surface area (Å²) in [4.78, 5) is 0. The first-order valence-electron chi connectivity index (χ1n) is 8.21. The molecule has 0 fully saturated rings. The van der Waals surface area contributed by atoms with Crippen molar-refractivity contribution in [1.82, 2.24) is 0 Å². The van der Waals surface area contributed by atoms with Gasteiger partial charge in [-0.1, -0.05) is 46.3 Å². The first-order valence-corrected chi connectivity index (χ1v) is 9.01. The summed E-state index contributed by atoms with van der Waals surface area (Å²) in [6.45, 7) is 5.46. The van der Waals surface area contributed by atoms with Crippen LogP contribution in [0, 0.1) is 0 Å². The molecule has 0 heterocycles. The fraction of sp³-hybridized carbons (Fsp3) is 0.300. The smallest absolute Gasteiger partial charge is 0.189 e.